The summed E-state index contributed by atoms with van der Waals surface area (Å²) in [5.41, 5.74) is 9.26. The number of benzene rings is 6. The minimum absolute atomic E-state index is 0.417. The van der Waals surface area contributed by atoms with Gasteiger partial charge in [-0.1, -0.05) is 78.9 Å². The normalized spacial score (nSPS) is 10.6. The maximum Gasteiger partial charge on any atom is 0.0998 e. The smallest absolute Gasteiger partial charge is 0.0998 e. The number of nitrogens with zero attached hydrogens (tertiary/aromatic N) is 5. The molecule has 5 heteroatoms. The van der Waals surface area contributed by atoms with Crippen molar-refractivity contribution in [2.24, 2.45) is 0 Å². The molecule has 6 aromatic carbocycles. The number of rotatable bonds is 4. The summed E-state index contributed by atoms with van der Waals surface area (Å²) in [5.74, 6) is 0. The average Bonchev–Trinajstić information content (AvgIpc) is 3.45. The molecule has 206 valence electrons. The minimum atomic E-state index is 0.417. The molecular weight excluding hydrogens is 550 g/mol. The van der Waals surface area contributed by atoms with Crippen LogP contribution in [0, 0.1) is 45.3 Å². The topological polar surface area (TPSA) is 100 Å². The molecule has 0 aliphatic carbocycles. The van der Waals surface area contributed by atoms with Crippen LogP contribution in [0.5, 0.6) is 0 Å². The van der Waals surface area contributed by atoms with Crippen molar-refractivity contribution < 1.29 is 0 Å². The number of fused-ring (bicyclic) bond motifs is 3. The highest BCUT2D eigenvalue weighted by atomic mass is 15.0. The van der Waals surface area contributed by atoms with E-state index in [4.69, 9.17) is 0 Å². The van der Waals surface area contributed by atoms with E-state index < -0.39 is 0 Å². The molecule has 0 amide bonds. The molecule has 45 heavy (non-hydrogen) atoms. The van der Waals surface area contributed by atoms with E-state index in [1.165, 1.54) is 0 Å². The third-order valence-electron chi connectivity index (χ3n) is 8.19. The molecule has 7 rings (SSSR count). The van der Waals surface area contributed by atoms with Gasteiger partial charge in [0.05, 0.1) is 57.6 Å². The number of hydrogen-bond donors (Lipinski definition) is 0. The van der Waals surface area contributed by atoms with Crippen LogP contribution in [-0.2, 0) is 0 Å². The van der Waals surface area contributed by atoms with Crippen LogP contribution in [0.4, 0.5) is 0 Å². The first-order valence-electron chi connectivity index (χ1n) is 14.3. The minimum Gasteiger partial charge on any atom is -0.309 e. The summed E-state index contributed by atoms with van der Waals surface area (Å²) in [6, 6.07) is 49.8. The zero-order valence-corrected chi connectivity index (χ0v) is 23.9. The lowest BCUT2D eigenvalue weighted by atomic mass is 9.92. The molecule has 7 aromatic rings. The van der Waals surface area contributed by atoms with Crippen molar-refractivity contribution in [2.45, 2.75) is 0 Å². The highest BCUT2D eigenvalue weighted by molar-refractivity contribution is 6.15. The molecule has 0 bridgehead atoms. The summed E-state index contributed by atoms with van der Waals surface area (Å²) in [6.07, 6.45) is 0. The highest BCUT2D eigenvalue weighted by Crippen LogP contribution is 2.42. The van der Waals surface area contributed by atoms with Crippen LogP contribution in [0.2, 0.25) is 0 Å². The van der Waals surface area contributed by atoms with Crippen molar-refractivity contribution >= 4 is 21.8 Å². The maximum absolute atomic E-state index is 10.1. The van der Waals surface area contributed by atoms with Crippen molar-refractivity contribution in [1.82, 2.24) is 4.57 Å². The van der Waals surface area contributed by atoms with E-state index in [0.29, 0.717) is 33.4 Å². The van der Waals surface area contributed by atoms with Crippen molar-refractivity contribution in [3.8, 4) is 63.3 Å². The van der Waals surface area contributed by atoms with Crippen LogP contribution >= 0.6 is 0 Å². The van der Waals surface area contributed by atoms with Crippen molar-refractivity contribution in [2.75, 3.05) is 0 Å². The van der Waals surface area contributed by atoms with Gasteiger partial charge in [0.15, 0.2) is 0 Å². The second kappa shape index (κ2) is 11.1. The lowest BCUT2D eigenvalue weighted by Crippen LogP contribution is -1.98. The molecule has 0 aliphatic rings. The maximum atomic E-state index is 10.1. The average molecular weight is 572 g/mol. The van der Waals surface area contributed by atoms with E-state index in [1.54, 1.807) is 36.4 Å². The first kappa shape index (κ1) is 26.9. The summed E-state index contributed by atoms with van der Waals surface area (Å²) in [4.78, 5) is 0. The fourth-order valence-corrected chi connectivity index (χ4v) is 6.21. The third-order valence-corrected chi connectivity index (χ3v) is 8.19. The van der Waals surface area contributed by atoms with E-state index in [1.807, 2.05) is 54.6 Å². The van der Waals surface area contributed by atoms with Crippen LogP contribution in [0.1, 0.15) is 22.3 Å². The first-order valence-corrected chi connectivity index (χ1v) is 14.3. The molecule has 0 radical (unpaired) electrons. The zero-order valence-electron chi connectivity index (χ0n) is 23.9. The monoisotopic (exact) mass is 571 g/mol. The molecule has 0 unspecified atom stereocenters. The van der Waals surface area contributed by atoms with Gasteiger partial charge in [-0.2, -0.15) is 21.0 Å². The van der Waals surface area contributed by atoms with Crippen molar-refractivity contribution in [1.29, 1.82) is 21.0 Å². The van der Waals surface area contributed by atoms with Gasteiger partial charge in [-0.05, 0) is 65.2 Å². The van der Waals surface area contributed by atoms with Gasteiger partial charge in [-0.3, -0.25) is 0 Å². The van der Waals surface area contributed by atoms with Crippen LogP contribution in [0.15, 0.2) is 127 Å². The first-order chi connectivity index (χ1) is 22.2. The standard InChI is InChI=1S/C40H21N5/c41-22-29-9-4-10-30(23-42)38(29)28-17-20-37-36(21-28)34-13-6-14-35(39-31(24-43)11-5-12-32(39)25-44)40(34)45(37)33-18-15-27(16-19-33)26-7-2-1-3-8-26/h1-21H. The fourth-order valence-electron chi connectivity index (χ4n) is 6.21. The lowest BCUT2D eigenvalue weighted by molar-refractivity contribution is 1.18. The predicted molar refractivity (Wildman–Crippen MR) is 176 cm³/mol. The highest BCUT2D eigenvalue weighted by Gasteiger charge is 2.21. The molecular formula is C40H21N5. The van der Waals surface area contributed by atoms with Gasteiger partial charge in [0.1, 0.15) is 0 Å². The molecule has 0 aliphatic heterocycles. The van der Waals surface area contributed by atoms with Crippen molar-refractivity contribution in [3.05, 3.63) is 150 Å². The van der Waals surface area contributed by atoms with Crippen LogP contribution in [0.3, 0.4) is 0 Å². The number of hydrogen-bond acceptors (Lipinski definition) is 4. The van der Waals surface area contributed by atoms with E-state index >= 15 is 0 Å². The second-order valence-corrected chi connectivity index (χ2v) is 10.6. The molecule has 1 aromatic heterocycles. The molecule has 0 saturated carbocycles. The van der Waals surface area contributed by atoms with Gasteiger partial charge >= 0.3 is 0 Å². The summed E-state index contributed by atoms with van der Waals surface area (Å²) >= 11 is 0. The molecule has 0 N–H and O–H groups in total. The van der Waals surface area contributed by atoms with Gasteiger partial charge in [0.2, 0.25) is 0 Å². The van der Waals surface area contributed by atoms with Crippen LogP contribution in [0.25, 0.3) is 60.9 Å². The Kier molecular flexibility index (Phi) is 6.62. The molecule has 0 fully saturated rings. The van der Waals surface area contributed by atoms with Crippen LogP contribution in [-0.4, -0.2) is 4.57 Å². The summed E-state index contributed by atoms with van der Waals surface area (Å²) in [5, 5.41) is 41.8. The SMILES string of the molecule is N#Cc1cccc(C#N)c1-c1ccc2c(c1)c1cccc(-c3c(C#N)cccc3C#N)c1n2-c1ccc(-c2ccccc2)cc1. The molecule has 0 spiro atoms. The number of nitriles is 4. The van der Waals surface area contributed by atoms with E-state index in [-0.39, 0.29) is 0 Å². The van der Waals surface area contributed by atoms with Gasteiger partial charge in [0, 0.05) is 33.2 Å². The Morgan fingerprint density at radius 1 is 0.422 bits per heavy atom. The van der Waals surface area contributed by atoms with Gasteiger partial charge in [-0.15, -0.1) is 0 Å². The molecule has 1 heterocycles. The Labute approximate surface area is 259 Å². The Hall–Kier alpha value is -6.92. The second-order valence-electron chi connectivity index (χ2n) is 10.6. The van der Waals surface area contributed by atoms with E-state index in [0.717, 1.165) is 49.7 Å². The Morgan fingerprint density at radius 3 is 1.56 bits per heavy atom. The fraction of sp³-hybridized carbons (Fsp3) is 0. The molecule has 0 saturated heterocycles. The number of aromatic nitrogens is 1. The summed E-state index contributed by atoms with van der Waals surface area (Å²) in [6.45, 7) is 0. The number of para-hydroxylation sites is 1. The predicted octanol–water partition coefficient (Wildman–Crippen LogP) is 9.27. The lowest BCUT2D eigenvalue weighted by Gasteiger charge is -2.14. The van der Waals surface area contributed by atoms with Crippen molar-refractivity contribution in [3.63, 3.8) is 0 Å². The van der Waals surface area contributed by atoms with Gasteiger partial charge < -0.3 is 4.57 Å². The Bertz CT molecular complexity index is 2390. The Morgan fingerprint density at radius 2 is 0.956 bits per heavy atom. The molecule has 0 atom stereocenters. The van der Waals surface area contributed by atoms with Gasteiger partial charge in [-0.25, -0.2) is 0 Å². The molecule has 5 nitrogen and oxygen atoms in total. The van der Waals surface area contributed by atoms with E-state index in [2.05, 4.69) is 65.2 Å². The third kappa shape index (κ3) is 4.38. The summed E-state index contributed by atoms with van der Waals surface area (Å²) < 4.78 is 2.16. The van der Waals surface area contributed by atoms with Crippen LogP contribution < -0.4 is 0 Å². The Balaban J connectivity index is 1.58. The van der Waals surface area contributed by atoms with Gasteiger partial charge in [0.25, 0.3) is 0 Å². The largest absolute Gasteiger partial charge is 0.309 e. The summed E-state index contributed by atoms with van der Waals surface area (Å²) in [7, 11) is 0. The quantitative estimate of drug-likeness (QED) is 0.210. The zero-order chi connectivity index (χ0) is 30.9. The van der Waals surface area contributed by atoms with E-state index in [9.17, 15) is 21.0 Å².